The predicted octanol–water partition coefficient (Wildman–Crippen LogP) is 3.64. The van der Waals surface area contributed by atoms with Crippen molar-refractivity contribution in [1.82, 2.24) is 0 Å². The zero-order chi connectivity index (χ0) is 9.84. The van der Waals surface area contributed by atoms with Gasteiger partial charge in [0, 0.05) is 11.8 Å². The van der Waals surface area contributed by atoms with Crippen molar-refractivity contribution in [2.75, 3.05) is 5.75 Å². The first-order chi connectivity index (χ1) is 6.15. The molecule has 1 nitrogen and oxygen atoms in total. The second-order valence-electron chi connectivity index (χ2n) is 2.41. The third kappa shape index (κ3) is 2.83. The molecule has 0 radical (unpaired) electrons. The Balaban J connectivity index is 3.08. The van der Waals surface area contributed by atoms with E-state index < -0.39 is 0 Å². The Morgan fingerprint density at radius 2 is 2.00 bits per heavy atom. The summed E-state index contributed by atoms with van der Waals surface area (Å²) in [6.07, 6.45) is 3.65. The monoisotopic (exact) mass is 234 g/mol. The summed E-state index contributed by atoms with van der Waals surface area (Å²) < 4.78 is 0. The zero-order valence-corrected chi connectivity index (χ0v) is 9.07. The van der Waals surface area contributed by atoms with Crippen LogP contribution < -0.4 is 0 Å². The molecule has 0 amide bonds. The summed E-state index contributed by atoms with van der Waals surface area (Å²) in [5.41, 5.74) is 0.776. The van der Waals surface area contributed by atoms with Gasteiger partial charge in [-0.05, 0) is 11.6 Å². The van der Waals surface area contributed by atoms with E-state index in [9.17, 15) is 5.11 Å². The number of hydrogen-bond donors (Lipinski definition) is 2. The van der Waals surface area contributed by atoms with Crippen LogP contribution in [-0.4, -0.2) is 10.9 Å². The van der Waals surface area contributed by atoms with Crippen molar-refractivity contribution < 1.29 is 5.11 Å². The van der Waals surface area contributed by atoms with Gasteiger partial charge in [0.15, 0.2) is 0 Å². The van der Waals surface area contributed by atoms with Crippen LogP contribution in [0.2, 0.25) is 10.0 Å². The number of phenols is 1. The lowest BCUT2D eigenvalue weighted by Gasteiger charge is -2.01. The minimum Gasteiger partial charge on any atom is -0.506 e. The van der Waals surface area contributed by atoms with E-state index in [2.05, 4.69) is 12.6 Å². The van der Waals surface area contributed by atoms with Crippen LogP contribution in [0.4, 0.5) is 0 Å². The Hall–Kier alpha value is -0.310. The first-order valence-electron chi connectivity index (χ1n) is 3.60. The number of halogens is 2. The molecule has 0 aromatic heterocycles. The fourth-order valence-corrected chi connectivity index (χ4v) is 1.36. The van der Waals surface area contributed by atoms with Crippen molar-refractivity contribution in [3.05, 3.63) is 33.8 Å². The van der Waals surface area contributed by atoms with E-state index in [1.165, 1.54) is 6.07 Å². The molecular formula is C9H8Cl2OS. The van der Waals surface area contributed by atoms with Gasteiger partial charge in [0.1, 0.15) is 5.75 Å². The smallest absolute Gasteiger partial charge is 0.135 e. The average Bonchev–Trinajstić information content (AvgIpc) is 2.09. The van der Waals surface area contributed by atoms with E-state index in [-0.39, 0.29) is 5.75 Å². The van der Waals surface area contributed by atoms with Gasteiger partial charge in [-0.1, -0.05) is 35.4 Å². The first kappa shape index (κ1) is 10.8. The fraction of sp³-hybridized carbons (Fsp3) is 0.111. The SMILES string of the molecule is Oc1cc(Cl)c(C=CCS)cc1Cl. The van der Waals surface area contributed by atoms with Crippen molar-refractivity contribution in [3.63, 3.8) is 0 Å². The van der Waals surface area contributed by atoms with E-state index >= 15 is 0 Å². The van der Waals surface area contributed by atoms with Crippen molar-refractivity contribution in [3.8, 4) is 5.75 Å². The molecule has 0 fully saturated rings. The molecule has 13 heavy (non-hydrogen) atoms. The van der Waals surface area contributed by atoms with Gasteiger partial charge in [0.25, 0.3) is 0 Å². The highest BCUT2D eigenvalue weighted by Crippen LogP contribution is 2.30. The number of hydrogen-bond acceptors (Lipinski definition) is 2. The van der Waals surface area contributed by atoms with Crippen molar-refractivity contribution in [2.45, 2.75) is 0 Å². The van der Waals surface area contributed by atoms with Gasteiger partial charge < -0.3 is 5.11 Å². The predicted molar refractivity (Wildman–Crippen MR) is 61.0 cm³/mol. The van der Waals surface area contributed by atoms with Crippen molar-refractivity contribution >= 4 is 41.9 Å². The van der Waals surface area contributed by atoms with Crippen molar-refractivity contribution in [2.24, 2.45) is 0 Å². The van der Waals surface area contributed by atoms with Gasteiger partial charge in [-0.3, -0.25) is 0 Å². The van der Waals surface area contributed by atoms with Gasteiger partial charge in [0.05, 0.1) is 10.0 Å². The molecule has 4 heteroatoms. The molecule has 1 aromatic carbocycles. The van der Waals surface area contributed by atoms with Crippen LogP contribution in [0, 0.1) is 0 Å². The molecule has 0 heterocycles. The summed E-state index contributed by atoms with van der Waals surface area (Å²) >= 11 is 15.6. The highest BCUT2D eigenvalue weighted by atomic mass is 35.5. The summed E-state index contributed by atoms with van der Waals surface area (Å²) in [6.45, 7) is 0. The molecule has 1 N–H and O–H groups in total. The maximum atomic E-state index is 9.19. The maximum Gasteiger partial charge on any atom is 0.135 e. The standard InChI is InChI=1S/C9H8Cl2OS/c10-7-5-9(12)8(11)4-6(7)2-1-3-13/h1-2,4-5,12-13H,3H2. The Morgan fingerprint density at radius 1 is 1.31 bits per heavy atom. The first-order valence-corrected chi connectivity index (χ1v) is 4.99. The number of rotatable bonds is 2. The third-order valence-electron chi connectivity index (χ3n) is 1.47. The number of phenolic OH excluding ortho intramolecular Hbond substituents is 1. The molecule has 0 atom stereocenters. The quantitative estimate of drug-likeness (QED) is 0.750. The van der Waals surface area contributed by atoms with Crippen LogP contribution in [0.5, 0.6) is 5.75 Å². The Kier molecular flexibility index (Phi) is 3.97. The van der Waals surface area contributed by atoms with E-state index in [4.69, 9.17) is 23.2 Å². The third-order valence-corrected chi connectivity index (χ3v) is 2.31. The second-order valence-corrected chi connectivity index (χ2v) is 3.59. The summed E-state index contributed by atoms with van der Waals surface area (Å²) in [5.74, 6) is 0.629. The Morgan fingerprint density at radius 3 is 2.62 bits per heavy atom. The molecule has 0 aliphatic rings. The summed E-state index contributed by atoms with van der Waals surface area (Å²) in [5, 5.41) is 9.96. The molecule has 70 valence electrons. The van der Waals surface area contributed by atoms with Crippen LogP contribution in [0.3, 0.4) is 0 Å². The highest BCUT2D eigenvalue weighted by molar-refractivity contribution is 7.80. The minimum atomic E-state index is -0.00492. The highest BCUT2D eigenvalue weighted by Gasteiger charge is 2.03. The fourth-order valence-electron chi connectivity index (χ4n) is 0.859. The van der Waals surface area contributed by atoms with E-state index in [0.29, 0.717) is 15.8 Å². The topological polar surface area (TPSA) is 20.2 Å². The number of benzene rings is 1. The molecule has 1 aromatic rings. The van der Waals surface area contributed by atoms with E-state index in [0.717, 1.165) is 5.56 Å². The summed E-state index contributed by atoms with van der Waals surface area (Å²) in [7, 11) is 0. The summed E-state index contributed by atoms with van der Waals surface area (Å²) in [6, 6.07) is 3.03. The molecule has 0 unspecified atom stereocenters. The largest absolute Gasteiger partial charge is 0.506 e. The minimum absolute atomic E-state index is 0.00492. The van der Waals surface area contributed by atoms with E-state index in [1.807, 2.05) is 6.08 Å². The average molecular weight is 235 g/mol. The van der Waals surface area contributed by atoms with Crippen molar-refractivity contribution in [1.29, 1.82) is 0 Å². The van der Waals surface area contributed by atoms with Crippen LogP contribution in [0.15, 0.2) is 18.2 Å². The molecule has 0 saturated carbocycles. The number of aromatic hydroxyl groups is 1. The maximum absolute atomic E-state index is 9.19. The van der Waals surface area contributed by atoms with Gasteiger partial charge in [0.2, 0.25) is 0 Å². The van der Waals surface area contributed by atoms with Gasteiger partial charge in [-0.25, -0.2) is 0 Å². The molecule has 0 bridgehead atoms. The van der Waals surface area contributed by atoms with Crippen LogP contribution >= 0.6 is 35.8 Å². The molecule has 0 spiro atoms. The number of thiol groups is 1. The second kappa shape index (κ2) is 4.80. The molecular weight excluding hydrogens is 227 g/mol. The zero-order valence-electron chi connectivity index (χ0n) is 6.67. The Labute approximate surface area is 92.4 Å². The lowest BCUT2D eigenvalue weighted by Crippen LogP contribution is -1.77. The van der Waals surface area contributed by atoms with Crippen LogP contribution in [-0.2, 0) is 0 Å². The van der Waals surface area contributed by atoms with Crippen LogP contribution in [0.25, 0.3) is 6.08 Å². The molecule has 0 aliphatic heterocycles. The summed E-state index contributed by atoms with van der Waals surface area (Å²) in [4.78, 5) is 0. The lowest BCUT2D eigenvalue weighted by atomic mass is 10.2. The Bertz CT molecular complexity index is 337. The van der Waals surface area contributed by atoms with Gasteiger partial charge in [-0.15, -0.1) is 0 Å². The van der Waals surface area contributed by atoms with Crippen LogP contribution in [0.1, 0.15) is 5.56 Å². The van der Waals surface area contributed by atoms with Gasteiger partial charge in [-0.2, -0.15) is 12.6 Å². The molecule has 0 aliphatic carbocycles. The molecule has 1 rings (SSSR count). The lowest BCUT2D eigenvalue weighted by molar-refractivity contribution is 0.475. The van der Waals surface area contributed by atoms with Gasteiger partial charge >= 0.3 is 0 Å². The normalized spacial score (nSPS) is 11.0. The van der Waals surface area contributed by atoms with E-state index in [1.54, 1.807) is 12.1 Å². The molecule has 0 saturated heterocycles.